The van der Waals surface area contributed by atoms with Crippen LogP contribution in [0.25, 0.3) is 5.65 Å². The highest BCUT2D eigenvalue weighted by atomic mass is 15.3. The molecule has 2 aromatic rings. The van der Waals surface area contributed by atoms with Crippen molar-refractivity contribution >= 4 is 11.5 Å². The molecule has 80 valence electrons. The third kappa shape index (κ3) is 2.07. The summed E-state index contributed by atoms with van der Waals surface area (Å²) in [5.74, 6) is 0.971. The van der Waals surface area contributed by atoms with Gasteiger partial charge in [-0.15, -0.1) is 0 Å². The van der Waals surface area contributed by atoms with Crippen LogP contribution in [0.2, 0.25) is 0 Å². The lowest BCUT2D eigenvalue weighted by molar-refractivity contribution is 0.760. The Morgan fingerprint density at radius 3 is 3.13 bits per heavy atom. The molecule has 0 radical (unpaired) electrons. The molecular weight excluding hydrogens is 190 g/mol. The minimum atomic E-state index is 0.879. The topological polar surface area (TPSA) is 45.5 Å². The minimum Gasteiger partial charge on any atom is -0.358 e. The van der Waals surface area contributed by atoms with Crippen LogP contribution in [0.5, 0.6) is 0 Å². The fourth-order valence-electron chi connectivity index (χ4n) is 1.41. The first kappa shape index (κ1) is 9.92. The number of rotatable bonds is 4. The van der Waals surface area contributed by atoms with Gasteiger partial charge in [-0.25, -0.2) is 9.50 Å². The second-order valence-corrected chi connectivity index (χ2v) is 3.44. The largest absolute Gasteiger partial charge is 0.358 e. The zero-order chi connectivity index (χ0) is 10.7. The standard InChI is InChI=1S/C10H15N5/c1-11-6-8-14(2)9-4-7-15-10(13-9)3-5-12-15/h3-5,7,11H,6,8H2,1-2H3. The van der Waals surface area contributed by atoms with Crippen molar-refractivity contribution < 1.29 is 0 Å². The van der Waals surface area contributed by atoms with Gasteiger partial charge >= 0.3 is 0 Å². The van der Waals surface area contributed by atoms with Crippen LogP contribution in [-0.4, -0.2) is 41.8 Å². The molecule has 0 aliphatic heterocycles. The lowest BCUT2D eigenvalue weighted by Gasteiger charge is -2.17. The van der Waals surface area contributed by atoms with Crippen LogP contribution in [0.3, 0.4) is 0 Å². The number of likely N-dealkylation sites (N-methyl/N-ethyl adjacent to an activating group) is 2. The van der Waals surface area contributed by atoms with Crippen molar-refractivity contribution in [3.8, 4) is 0 Å². The maximum Gasteiger partial charge on any atom is 0.157 e. The number of hydrogen-bond acceptors (Lipinski definition) is 4. The first-order valence-corrected chi connectivity index (χ1v) is 4.97. The first-order valence-electron chi connectivity index (χ1n) is 4.97. The number of aromatic nitrogens is 3. The van der Waals surface area contributed by atoms with E-state index in [0.717, 1.165) is 24.6 Å². The highest BCUT2D eigenvalue weighted by molar-refractivity contribution is 5.46. The Hall–Kier alpha value is -1.62. The second-order valence-electron chi connectivity index (χ2n) is 3.44. The molecular formula is C10H15N5. The summed E-state index contributed by atoms with van der Waals surface area (Å²) in [7, 11) is 3.98. The van der Waals surface area contributed by atoms with Gasteiger partial charge in [0.1, 0.15) is 5.82 Å². The monoisotopic (exact) mass is 205 g/mol. The van der Waals surface area contributed by atoms with Crippen molar-refractivity contribution in [3.63, 3.8) is 0 Å². The average Bonchev–Trinajstić information content (AvgIpc) is 2.72. The molecule has 0 unspecified atom stereocenters. The molecule has 0 fully saturated rings. The van der Waals surface area contributed by atoms with Gasteiger partial charge < -0.3 is 10.2 Å². The fraction of sp³-hybridized carbons (Fsp3) is 0.400. The van der Waals surface area contributed by atoms with E-state index in [1.54, 1.807) is 10.7 Å². The normalized spacial score (nSPS) is 10.8. The smallest absolute Gasteiger partial charge is 0.157 e. The number of anilines is 1. The molecule has 0 saturated carbocycles. The summed E-state index contributed by atoms with van der Waals surface area (Å²) in [5, 5.41) is 7.22. The van der Waals surface area contributed by atoms with Crippen LogP contribution >= 0.6 is 0 Å². The Labute approximate surface area is 88.7 Å². The highest BCUT2D eigenvalue weighted by Crippen LogP contribution is 2.09. The van der Waals surface area contributed by atoms with E-state index in [-0.39, 0.29) is 0 Å². The van der Waals surface area contributed by atoms with Crippen LogP contribution in [0.15, 0.2) is 24.5 Å². The molecule has 0 aliphatic rings. The highest BCUT2D eigenvalue weighted by Gasteiger charge is 2.02. The third-order valence-corrected chi connectivity index (χ3v) is 2.33. The average molecular weight is 205 g/mol. The molecule has 2 rings (SSSR count). The van der Waals surface area contributed by atoms with Gasteiger partial charge in [-0.2, -0.15) is 5.10 Å². The lowest BCUT2D eigenvalue weighted by Crippen LogP contribution is -2.27. The van der Waals surface area contributed by atoms with Gasteiger partial charge in [-0.05, 0) is 13.1 Å². The number of fused-ring (bicyclic) bond motifs is 1. The molecule has 15 heavy (non-hydrogen) atoms. The number of nitrogens with zero attached hydrogens (tertiary/aromatic N) is 4. The van der Waals surface area contributed by atoms with Crippen LogP contribution in [0.4, 0.5) is 5.82 Å². The number of hydrogen-bond donors (Lipinski definition) is 1. The van der Waals surface area contributed by atoms with E-state index >= 15 is 0 Å². The summed E-state index contributed by atoms with van der Waals surface area (Å²) in [5.41, 5.74) is 0.879. The van der Waals surface area contributed by atoms with Gasteiger partial charge in [0.2, 0.25) is 0 Å². The van der Waals surface area contributed by atoms with E-state index in [0.29, 0.717) is 0 Å². The molecule has 2 heterocycles. The lowest BCUT2D eigenvalue weighted by atomic mass is 10.4. The quantitative estimate of drug-likeness (QED) is 0.784. The van der Waals surface area contributed by atoms with Crippen LogP contribution in [0, 0.1) is 0 Å². The van der Waals surface area contributed by atoms with E-state index < -0.39 is 0 Å². The molecule has 0 aliphatic carbocycles. The zero-order valence-electron chi connectivity index (χ0n) is 9.01. The van der Waals surface area contributed by atoms with Gasteiger partial charge in [0.15, 0.2) is 5.65 Å². The summed E-state index contributed by atoms with van der Waals surface area (Å²) in [6, 6.07) is 3.87. The van der Waals surface area contributed by atoms with Gasteiger partial charge in [-0.3, -0.25) is 0 Å². The Bertz CT molecular complexity index is 436. The number of nitrogens with one attached hydrogen (secondary N) is 1. The van der Waals surface area contributed by atoms with E-state index in [2.05, 4.69) is 20.3 Å². The summed E-state index contributed by atoms with van der Waals surface area (Å²) in [6.45, 7) is 1.89. The van der Waals surface area contributed by atoms with Crippen LogP contribution in [0.1, 0.15) is 0 Å². The third-order valence-electron chi connectivity index (χ3n) is 2.33. The van der Waals surface area contributed by atoms with E-state index in [9.17, 15) is 0 Å². The predicted molar refractivity (Wildman–Crippen MR) is 60.2 cm³/mol. The molecule has 0 bridgehead atoms. The van der Waals surface area contributed by atoms with Crippen molar-refractivity contribution in [2.45, 2.75) is 0 Å². The molecule has 5 nitrogen and oxygen atoms in total. The molecule has 0 atom stereocenters. The van der Waals surface area contributed by atoms with Crippen LogP contribution in [-0.2, 0) is 0 Å². The van der Waals surface area contributed by atoms with Gasteiger partial charge in [0.25, 0.3) is 0 Å². The van der Waals surface area contributed by atoms with E-state index in [4.69, 9.17) is 0 Å². The van der Waals surface area contributed by atoms with Crippen LogP contribution < -0.4 is 10.2 Å². The van der Waals surface area contributed by atoms with E-state index in [1.807, 2.05) is 32.4 Å². The zero-order valence-corrected chi connectivity index (χ0v) is 9.01. The van der Waals surface area contributed by atoms with Gasteiger partial charge in [0.05, 0.1) is 6.20 Å². The molecule has 5 heteroatoms. The van der Waals surface area contributed by atoms with Crippen molar-refractivity contribution in [2.24, 2.45) is 0 Å². The van der Waals surface area contributed by atoms with Crippen molar-refractivity contribution in [3.05, 3.63) is 24.5 Å². The molecule has 2 aromatic heterocycles. The molecule has 0 saturated heterocycles. The Kier molecular flexibility index (Phi) is 2.82. The Morgan fingerprint density at radius 1 is 1.47 bits per heavy atom. The molecule has 0 aromatic carbocycles. The fourth-order valence-corrected chi connectivity index (χ4v) is 1.41. The minimum absolute atomic E-state index is 0.879. The predicted octanol–water partition coefficient (Wildman–Crippen LogP) is 0.385. The first-order chi connectivity index (χ1) is 7.31. The van der Waals surface area contributed by atoms with Crippen molar-refractivity contribution in [1.29, 1.82) is 0 Å². The molecule has 0 amide bonds. The Morgan fingerprint density at radius 2 is 2.33 bits per heavy atom. The second kappa shape index (κ2) is 4.27. The summed E-state index contributed by atoms with van der Waals surface area (Å²) < 4.78 is 1.76. The Balaban J connectivity index is 2.19. The summed E-state index contributed by atoms with van der Waals surface area (Å²) in [6.07, 6.45) is 3.67. The maximum absolute atomic E-state index is 4.49. The van der Waals surface area contributed by atoms with Gasteiger partial charge in [-0.1, -0.05) is 0 Å². The molecule has 1 N–H and O–H groups in total. The SMILES string of the molecule is CNCCN(C)c1ccn2nccc2n1. The van der Waals surface area contributed by atoms with E-state index in [1.165, 1.54) is 0 Å². The summed E-state index contributed by atoms with van der Waals surface area (Å²) in [4.78, 5) is 6.60. The summed E-state index contributed by atoms with van der Waals surface area (Å²) >= 11 is 0. The van der Waals surface area contributed by atoms with Gasteiger partial charge in [0, 0.05) is 32.4 Å². The van der Waals surface area contributed by atoms with Crippen molar-refractivity contribution in [1.82, 2.24) is 19.9 Å². The maximum atomic E-state index is 4.49. The van der Waals surface area contributed by atoms with Crippen molar-refractivity contribution in [2.75, 3.05) is 32.1 Å². The molecule has 0 spiro atoms.